The van der Waals surface area contributed by atoms with E-state index in [0.29, 0.717) is 24.5 Å². The third-order valence-corrected chi connectivity index (χ3v) is 5.87. The second kappa shape index (κ2) is 6.57. The monoisotopic (exact) mass is 379 g/mol. The number of likely N-dealkylation sites (tertiary alicyclic amines) is 1. The van der Waals surface area contributed by atoms with Gasteiger partial charge in [-0.25, -0.2) is 4.79 Å². The van der Waals surface area contributed by atoms with E-state index in [1.165, 1.54) is 0 Å². The molecule has 0 bridgehead atoms. The fraction of sp³-hybridized carbons (Fsp3) is 0.556. The zero-order chi connectivity index (χ0) is 19.1. The predicted octanol–water partition coefficient (Wildman–Crippen LogP) is 2.47. The van der Waals surface area contributed by atoms with Gasteiger partial charge in [0, 0.05) is 31.7 Å². The second-order valence-corrected chi connectivity index (χ2v) is 9.29. The number of carbonyl (C=O) groups is 1. The highest BCUT2D eigenvalue weighted by atomic mass is 32.2. The number of hydrogen-bond donors (Lipinski definition) is 0. The SMILES string of the molecule is CN(C1=NS(=O)(=O)c2ccccc21)C1CCCN(C(=O)OC(C)(C)C)C1. The van der Waals surface area contributed by atoms with E-state index in [1.807, 2.05) is 32.7 Å². The molecule has 1 fully saturated rings. The molecular weight excluding hydrogens is 354 g/mol. The van der Waals surface area contributed by atoms with Gasteiger partial charge in [-0.15, -0.1) is 4.40 Å². The van der Waals surface area contributed by atoms with Crippen LogP contribution in [0.1, 0.15) is 39.2 Å². The summed E-state index contributed by atoms with van der Waals surface area (Å²) in [6.45, 7) is 6.64. The first-order valence-corrected chi connectivity index (χ1v) is 10.2. The minimum absolute atomic E-state index is 0.0172. The first-order chi connectivity index (χ1) is 12.1. The van der Waals surface area contributed by atoms with E-state index in [4.69, 9.17) is 4.74 Å². The van der Waals surface area contributed by atoms with E-state index < -0.39 is 15.6 Å². The Morgan fingerprint density at radius 3 is 2.69 bits per heavy atom. The summed E-state index contributed by atoms with van der Waals surface area (Å²) in [6, 6.07) is 6.82. The Bertz CT molecular complexity index is 842. The summed E-state index contributed by atoms with van der Waals surface area (Å²) >= 11 is 0. The van der Waals surface area contributed by atoms with Crippen molar-refractivity contribution in [2.24, 2.45) is 4.40 Å². The summed E-state index contributed by atoms with van der Waals surface area (Å²) in [5, 5.41) is 0. The Morgan fingerprint density at radius 1 is 1.31 bits per heavy atom. The molecule has 0 radical (unpaired) electrons. The molecule has 0 spiro atoms. The number of amides is 1. The zero-order valence-electron chi connectivity index (χ0n) is 15.6. The molecule has 1 aromatic carbocycles. The van der Waals surface area contributed by atoms with Gasteiger partial charge in [0.2, 0.25) is 0 Å². The van der Waals surface area contributed by atoms with Crippen LogP contribution in [0.5, 0.6) is 0 Å². The molecule has 2 heterocycles. The van der Waals surface area contributed by atoms with Crippen LogP contribution in [-0.4, -0.2) is 61.9 Å². The number of nitrogens with zero attached hydrogens (tertiary/aromatic N) is 3. The lowest BCUT2D eigenvalue weighted by Crippen LogP contribution is -2.51. The molecule has 2 aliphatic rings. The summed E-state index contributed by atoms with van der Waals surface area (Å²) in [6.07, 6.45) is 1.35. The van der Waals surface area contributed by atoms with Crippen molar-refractivity contribution in [1.29, 1.82) is 0 Å². The molecule has 1 amide bonds. The fourth-order valence-corrected chi connectivity index (χ4v) is 4.52. The van der Waals surface area contributed by atoms with Crippen molar-refractivity contribution in [3.05, 3.63) is 29.8 Å². The molecular formula is C18H25N3O4S. The van der Waals surface area contributed by atoms with Gasteiger partial charge in [-0.1, -0.05) is 12.1 Å². The van der Waals surface area contributed by atoms with Crippen LogP contribution in [0.3, 0.4) is 0 Å². The molecule has 0 aliphatic carbocycles. The van der Waals surface area contributed by atoms with E-state index in [-0.39, 0.29) is 17.0 Å². The highest BCUT2D eigenvalue weighted by Crippen LogP contribution is 2.29. The topological polar surface area (TPSA) is 79.3 Å². The van der Waals surface area contributed by atoms with E-state index in [9.17, 15) is 13.2 Å². The van der Waals surface area contributed by atoms with Gasteiger partial charge in [-0.05, 0) is 45.7 Å². The van der Waals surface area contributed by atoms with Crippen molar-refractivity contribution in [3.8, 4) is 0 Å². The molecule has 2 aliphatic heterocycles. The van der Waals surface area contributed by atoms with Gasteiger partial charge < -0.3 is 14.5 Å². The lowest BCUT2D eigenvalue weighted by Gasteiger charge is -2.38. The first kappa shape index (κ1) is 18.7. The number of sulfonamides is 1. The van der Waals surface area contributed by atoms with Crippen LogP contribution >= 0.6 is 0 Å². The lowest BCUT2D eigenvalue weighted by molar-refractivity contribution is 0.0159. The third-order valence-electron chi connectivity index (χ3n) is 4.54. The summed E-state index contributed by atoms with van der Waals surface area (Å²) in [7, 11) is -1.82. The van der Waals surface area contributed by atoms with Gasteiger partial charge in [-0.2, -0.15) is 8.42 Å². The number of piperidine rings is 1. The zero-order valence-corrected chi connectivity index (χ0v) is 16.4. The van der Waals surface area contributed by atoms with E-state index in [2.05, 4.69) is 4.40 Å². The minimum Gasteiger partial charge on any atom is -0.444 e. The maximum atomic E-state index is 12.4. The van der Waals surface area contributed by atoms with Crippen LogP contribution in [0.4, 0.5) is 4.79 Å². The number of fused-ring (bicyclic) bond motifs is 1. The number of carbonyl (C=O) groups excluding carboxylic acids is 1. The van der Waals surface area contributed by atoms with E-state index in [0.717, 1.165) is 12.8 Å². The summed E-state index contributed by atoms with van der Waals surface area (Å²) in [5.74, 6) is 0.441. The quantitative estimate of drug-likeness (QED) is 0.749. The Morgan fingerprint density at radius 2 is 2.00 bits per heavy atom. The normalized spacial score (nSPS) is 21.8. The van der Waals surface area contributed by atoms with E-state index >= 15 is 0 Å². The van der Waals surface area contributed by atoms with Crippen LogP contribution in [0.2, 0.25) is 0 Å². The molecule has 26 heavy (non-hydrogen) atoms. The number of ether oxygens (including phenoxy) is 1. The van der Waals surface area contributed by atoms with Crippen molar-refractivity contribution in [3.63, 3.8) is 0 Å². The highest BCUT2D eigenvalue weighted by molar-refractivity contribution is 7.90. The standard InChI is InChI=1S/C18H25N3O4S/c1-18(2,3)25-17(22)21-11-7-8-13(12-21)20(4)16-14-9-5-6-10-15(14)26(23,24)19-16/h5-6,9-10,13H,7-8,11-12H2,1-4H3. The molecule has 0 saturated carbocycles. The fourth-order valence-electron chi connectivity index (χ4n) is 3.28. The number of likely N-dealkylation sites (N-methyl/N-ethyl adjacent to an activating group) is 1. The molecule has 8 heteroatoms. The Balaban J connectivity index is 1.79. The molecule has 1 atom stereocenters. The van der Waals surface area contributed by atoms with Gasteiger partial charge in [0.1, 0.15) is 10.5 Å². The minimum atomic E-state index is -3.65. The maximum absolute atomic E-state index is 12.4. The first-order valence-electron chi connectivity index (χ1n) is 8.73. The summed E-state index contributed by atoms with van der Waals surface area (Å²) in [4.78, 5) is 16.2. The van der Waals surface area contributed by atoms with Crippen molar-refractivity contribution >= 4 is 22.0 Å². The van der Waals surface area contributed by atoms with Crippen molar-refractivity contribution < 1.29 is 17.9 Å². The molecule has 3 rings (SSSR count). The molecule has 0 N–H and O–H groups in total. The predicted molar refractivity (Wildman–Crippen MR) is 98.8 cm³/mol. The Hall–Kier alpha value is -2.09. The number of hydrogen-bond acceptors (Lipinski definition) is 5. The highest BCUT2D eigenvalue weighted by Gasteiger charge is 2.35. The lowest BCUT2D eigenvalue weighted by atomic mass is 10.0. The Labute approximate surface area is 154 Å². The largest absolute Gasteiger partial charge is 0.444 e. The van der Waals surface area contributed by atoms with Crippen LogP contribution in [0.15, 0.2) is 33.6 Å². The Kier molecular flexibility index (Phi) is 4.72. The average molecular weight is 379 g/mol. The van der Waals surface area contributed by atoms with Crippen LogP contribution in [0, 0.1) is 0 Å². The summed E-state index contributed by atoms with van der Waals surface area (Å²) < 4.78 is 34.0. The summed E-state index contributed by atoms with van der Waals surface area (Å²) in [5.41, 5.74) is 0.0720. The van der Waals surface area contributed by atoms with Gasteiger partial charge in [0.05, 0.1) is 0 Å². The second-order valence-electron chi connectivity index (χ2n) is 7.72. The molecule has 7 nitrogen and oxygen atoms in total. The maximum Gasteiger partial charge on any atom is 0.410 e. The number of benzene rings is 1. The van der Waals surface area contributed by atoms with Crippen LogP contribution in [0.25, 0.3) is 0 Å². The number of amidine groups is 1. The average Bonchev–Trinajstić information content (AvgIpc) is 2.85. The number of rotatable bonds is 1. The van der Waals surface area contributed by atoms with Gasteiger partial charge in [0.25, 0.3) is 10.0 Å². The molecule has 1 saturated heterocycles. The van der Waals surface area contributed by atoms with Crippen molar-refractivity contribution in [1.82, 2.24) is 9.80 Å². The van der Waals surface area contributed by atoms with Gasteiger partial charge in [0.15, 0.2) is 5.84 Å². The van der Waals surface area contributed by atoms with Gasteiger partial charge >= 0.3 is 6.09 Å². The van der Waals surface area contributed by atoms with Crippen molar-refractivity contribution in [2.45, 2.75) is 50.2 Å². The van der Waals surface area contributed by atoms with Gasteiger partial charge in [-0.3, -0.25) is 0 Å². The molecule has 1 aromatic rings. The van der Waals surface area contributed by atoms with Crippen molar-refractivity contribution in [2.75, 3.05) is 20.1 Å². The van der Waals surface area contributed by atoms with Crippen LogP contribution < -0.4 is 0 Å². The third kappa shape index (κ3) is 3.70. The molecule has 142 valence electrons. The van der Waals surface area contributed by atoms with E-state index in [1.54, 1.807) is 29.2 Å². The molecule has 1 unspecified atom stereocenters. The molecule has 0 aromatic heterocycles. The van der Waals surface area contributed by atoms with Crippen LogP contribution in [-0.2, 0) is 14.8 Å². The smallest absolute Gasteiger partial charge is 0.410 e.